The van der Waals surface area contributed by atoms with Crippen LogP contribution in [0.3, 0.4) is 0 Å². The first kappa shape index (κ1) is 20.4. The number of nitrogens with zero attached hydrogens (tertiary/aromatic N) is 3. The van der Waals surface area contributed by atoms with Crippen LogP contribution < -0.4 is 14.5 Å². The number of carbonyl (C=O) groups excluding carboxylic acids is 1. The Labute approximate surface area is 171 Å². The average molecular weight is 423 g/mol. The first-order valence-corrected chi connectivity index (χ1v) is 9.64. The third-order valence-corrected chi connectivity index (χ3v) is 5.72. The minimum Gasteiger partial charge on any atom is -0.481 e. The number of pyridine rings is 1. The Hall–Kier alpha value is -2.84. The molecule has 9 heteroatoms. The van der Waals surface area contributed by atoms with E-state index in [-0.39, 0.29) is 30.4 Å². The number of hydrogen-bond acceptors (Lipinski definition) is 4. The van der Waals surface area contributed by atoms with E-state index in [1.54, 1.807) is 24.0 Å². The molecule has 0 bridgehead atoms. The van der Waals surface area contributed by atoms with Gasteiger partial charge in [-0.05, 0) is 50.5 Å². The predicted octanol–water partition coefficient (Wildman–Crippen LogP) is 4.73. The van der Waals surface area contributed by atoms with Gasteiger partial charge in [0.2, 0.25) is 5.88 Å². The van der Waals surface area contributed by atoms with Gasteiger partial charge in [-0.15, -0.1) is 0 Å². The van der Waals surface area contributed by atoms with Crippen LogP contribution in [0.15, 0.2) is 30.3 Å². The molecule has 2 aromatic rings. The summed E-state index contributed by atoms with van der Waals surface area (Å²) in [5.74, 6) is -0.0244. The van der Waals surface area contributed by atoms with Crippen molar-refractivity contribution in [2.75, 3.05) is 23.6 Å². The molecule has 1 fully saturated rings. The Morgan fingerprint density at radius 2 is 1.90 bits per heavy atom. The molecule has 4 rings (SSSR count). The van der Waals surface area contributed by atoms with E-state index in [1.807, 2.05) is 0 Å². The summed E-state index contributed by atoms with van der Waals surface area (Å²) in [5.41, 5.74) is 0.611. The highest BCUT2D eigenvalue weighted by Gasteiger charge is 2.40. The molecule has 1 aliphatic heterocycles. The molecule has 1 saturated carbocycles. The normalized spacial score (nSPS) is 21.7. The minimum atomic E-state index is -4.53. The van der Waals surface area contributed by atoms with Gasteiger partial charge in [0.1, 0.15) is 6.17 Å². The van der Waals surface area contributed by atoms with Gasteiger partial charge in [-0.2, -0.15) is 13.2 Å². The highest BCUT2D eigenvalue weighted by atomic mass is 19.4. The molecule has 2 aliphatic rings. The van der Waals surface area contributed by atoms with Gasteiger partial charge in [0.15, 0.2) is 0 Å². The highest BCUT2D eigenvalue weighted by molar-refractivity contribution is 6.12. The Balaban J connectivity index is 1.80. The predicted molar refractivity (Wildman–Crippen MR) is 104 cm³/mol. The lowest BCUT2D eigenvalue weighted by molar-refractivity contribution is -0.137. The second-order valence-corrected chi connectivity index (χ2v) is 7.60. The topological polar surface area (TPSA) is 45.7 Å². The molecule has 0 unspecified atom stereocenters. The molecule has 1 aliphatic carbocycles. The summed E-state index contributed by atoms with van der Waals surface area (Å²) in [6.07, 6.45) is -4.45. The summed E-state index contributed by atoms with van der Waals surface area (Å²) in [4.78, 5) is 20.7. The number of hydrogen-bond donors (Lipinski definition) is 0. The van der Waals surface area contributed by atoms with Crippen LogP contribution in [0.2, 0.25) is 0 Å². The summed E-state index contributed by atoms with van der Waals surface area (Å²) in [7, 11) is 1.48. The number of anilines is 2. The molecule has 160 valence electrons. The first-order chi connectivity index (χ1) is 14.2. The molecule has 0 radical (unpaired) electrons. The van der Waals surface area contributed by atoms with Crippen LogP contribution in [-0.4, -0.2) is 36.9 Å². The number of carbonyl (C=O) groups is 1. The number of methoxy groups -OCH3 is 1. The molecule has 0 N–H and O–H groups in total. The van der Waals surface area contributed by atoms with Crippen LogP contribution in [0.4, 0.5) is 28.9 Å². The van der Waals surface area contributed by atoms with Gasteiger partial charge in [0.25, 0.3) is 5.91 Å². The number of ether oxygens (including phenoxy) is 1. The molecule has 5 nitrogen and oxygen atoms in total. The molecule has 1 aromatic heterocycles. The average Bonchev–Trinajstić information content (AvgIpc) is 3.13. The van der Waals surface area contributed by atoms with Gasteiger partial charge >= 0.3 is 6.18 Å². The first-order valence-electron chi connectivity index (χ1n) is 9.64. The summed E-state index contributed by atoms with van der Waals surface area (Å²) >= 11 is 0. The molecule has 1 aromatic carbocycles. The van der Waals surface area contributed by atoms with E-state index in [9.17, 15) is 22.4 Å². The van der Waals surface area contributed by atoms with E-state index in [0.29, 0.717) is 30.1 Å². The maximum Gasteiger partial charge on any atom is 0.416 e. The molecular weight excluding hydrogens is 402 g/mol. The number of amides is 1. The van der Waals surface area contributed by atoms with Crippen molar-refractivity contribution >= 4 is 17.3 Å². The van der Waals surface area contributed by atoms with Crippen molar-refractivity contribution < 1.29 is 27.1 Å². The minimum absolute atomic E-state index is 0.0272. The van der Waals surface area contributed by atoms with Crippen molar-refractivity contribution in [3.8, 4) is 5.88 Å². The Morgan fingerprint density at radius 1 is 1.13 bits per heavy atom. The van der Waals surface area contributed by atoms with Crippen molar-refractivity contribution in [3.63, 3.8) is 0 Å². The zero-order valence-corrected chi connectivity index (χ0v) is 16.5. The van der Waals surface area contributed by atoms with E-state index in [0.717, 1.165) is 12.1 Å². The van der Waals surface area contributed by atoms with Gasteiger partial charge < -0.3 is 9.64 Å². The molecule has 30 heavy (non-hydrogen) atoms. The van der Waals surface area contributed by atoms with Gasteiger partial charge in [-0.3, -0.25) is 9.69 Å². The zero-order chi connectivity index (χ0) is 21.6. The Bertz CT molecular complexity index is 979. The summed E-state index contributed by atoms with van der Waals surface area (Å²) < 4.78 is 58.9. The maximum absolute atomic E-state index is 13.9. The smallest absolute Gasteiger partial charge is 0.416 e. The van der Waals surface area contributed by atoms with E-state index < -0.39 is 23.8 Å². The lowest BCUT2D eigenvalue weighted by Gasteiger charge is -2.42. The van der Waals surface area contributed by atoms with E-state index >= 15 is 0 Å². The van der Waals surface area contributed by atoms with Crippen molar-refractivity contribution in [1.82, 2.24) is 4.98 Å². The van der Waals surface area contributed by atoms with Crippen molar-refractivity contribution in [1.29, 1.82) is 0 Å². The lowest BCUT2D eigenvalue weighted by Crippen LogP contribution is -2.51. The number of aromatic nitrogens is 1. The number of alkyl halides is 4. The van der Waals surface area contributed by atoms with Crippen LogP contribution in [0.25, 0.3) is 0 Å². The van der Waals surface area contributed by atoms with Crippen molar-refractivity contribution in [2.45, 2.75) is 44.6 Å². The van der Waals surface area contributed by atoms with E-state index in [2.05, 4.69) is 4.98 Å². The van der Waals surface area contributed by atoms with Crippen LogP contribution in [-0.2, 0) is 6.18 Å². The fourth-order valence-corrected chi connectivity index (χ4v) is 4.18. The fourth-order valence-electron chi connectivity index (χ4n) is 4.18. The Kier molecular flexibility index (Phi) is 5.07. The monoisotopic (exact) mass is 423 g/mol. The number of halogens is 4. The number of fused-ring (bicyclic) bond motifs is 1. The van der Waals surface area contributed by atoms with Crippen molar-refractivity contribution in [3.05, 3.63) is 47.2 Å². The summed E-state index contributed by atoms with van der Waals surface area (Å²) in [5, 5.41) is 0. The Morgan fingerprint density at radius 3 is 2.50 bits per heavy atom. The standard InChI is InChI=1S/C21H21F4N3O2/c1-12-17(7-8-19(26-12)30-2)28-11-27(15-5-4-14(22)10-15)18-9-13(21(23,24)25)3-6-16(18)20(28)29/h3,6-9,14-15H,4-5,10-11H2,1-2H3/t14-,15-/m1/s1. The molecule has 1 amide bonds. The molecule has 0 spiro atoms. The number of aryl methyl sites for hydroxylation is 1. The van der Waals surface area contributed by atoms with Crippen LogP contribution >= 0.6 is 0 Å². The molecule has 2 atom stereocenters. The summed E-state index contributed by atoms with van der Waals surface area (Å²) in [6, 6.07) is 6.13. The van der Waals surface area contributed by atoms with Crippen molar-refractivity contribution in [2.24, 2.45) is 0 Å². The molecule has 2 heterocycles. The van der Waals surface area contributed by atoms with Crippen LogP contribution in [0.5, 0.6) is 5.88 Å². The zero-order valence-electron chi connectivity index (χ0n) is 16.5. The van der Waals surface area contributed by atoms with E-state index in [4.69, 9.17) is 4.74 Å². The van der Waals surface area contributed by atoms with Crippen LogP contribution in [0.1, 0.15) is 40.9 Å². The van der Waals surface area contributed by atoms with Gasteiger partial charge in [-0.1, -0.05) is 0 Å². The third-order valence-electron chi connectivity index (χ3n) is 5.72. The molecular formula is C21H21F4N3O2. The molecule has 0 saturated heterocycles. The van der Waals surface area contributed by atoms with Gasteiger partial charge in [0, 0.05) is 12.1 Å². The largest absolute Gasteiger partial charge is 0.481 e. The van der Waals surface area contributed by atoms with E-state index in [1.165, 1.54) is 18.1 Å². The van der Waals surface area contributed by atoms with Gasteiger partial charge in [0.05, 0.1) is 42.0 Å². The number of benzene rings is 1. The lowest BCUT2D eigenvalue weighted by atomic mass is 10.0. The quantitative estimate of drug-likeness (QED) is 0.670. The fraction of sp³-hybridized carbons (Fsp3) is 0.429. The highest BCUT2D eigenvalue weighted by Crippen LogP contribution is 2.40. The van der Waals surface area contributed by atoms with Crippen LogP contribution in [0, 0.1) is 6.92 Å². The third kappa shape index (κ3) is 3.57. The second kappa shape index (κ2) is 7.45. The second-order valence-electron chi connectivity index (χ2n) is 7.60. The number of rotatable bonds is 3. The maximum atomic E-state index is 13.9. The summed E-state index contributed by atoms with van der Waals surface area (Å²) in [6.45, 7) is 1.75. The SMILES string of the molecule is COc1ccc(N2CN([C@@H]3CC[C@@H](F)C3)c3cc(C(F)(F)F)ccc3C2=O)c(C)n1. The van der Waals surface area contributed by atoms with Gasteiger partial charge in [-0.25, -0.2) is 9.37 Å².